The van der Waals surface area contributed by atoms with Gasteiger partial charge in [-0.25, -0.2) is 0 Å². The van der Waals surface area contributed by atoms with Crippen LogP contribution in [0.15, 0.2) is 52.3 Å². The largest absolute Gasteiger partial charge is 0.399 e. The molecule has 2 rings (SSSR count). The molecule has 0 fully saturated rings. The molecule has 0 saturated carbocycles. The van der Waals surface area contributed by atoms with Gasteiger partial charge in [0.15, 0.2) is 0 Å². The van der Waals surface area contributed by atoms with Crippen molar-refractivity contribution >= 4 is 17.4 Å². The van der Waals surface area contributed by atoms with Gasteiger partial charge in [-0.1, -0.05) is 43.8 Å². The molecule has 0 heterocycles. The van der Waals surface area contributed by atoms with Gasteiger partial charge in [0.05, 0.1) is 0 Å². The zero-order chi connectivity index (χ0) is 13.1. The molecule has 18 heavy (non-hydrogen) atoms. The van der Waals surface area contributed by atoms with Crippen molar-refractivity contribution in [2.45, 2.75) is 36.5 Å². The molecule has 1 nitrogen and oxygen atoms in total. The maximum Gasteiger partial charge on any atom is 0.0325 e. The van der Waals surface area contributed by atoms with Gasteiger partial charge in [0.1, 0.15) is 0 Å². The molecule has 0 saturated heterocycles. The highest BCUT2D eigenvalue weighted by Gasteiger charge is 2.03. The first-order valence-electron chi connectivity index (χ1n) is 6.20. The van der Waals surface area contributed by atoms with Gasteiger partial charge in [0.25, 0.3) is 0 Å². The van der Waals surface area contributed by atoms with Crippen LogP contribution in [0.2, 0.25) is 0 Å². The lowest BCUT2D eigenvalue weighted by atomic mass is 10.0. The quantitative estimate of drug-likeness (QED) is 0.795. The van der Waals surface area contributed by atoms with Gasteiger partial charge >= 0.3 is 0 Å². The molecule has 0 amide bonds. The lowest BCUT2D eigenvalue weighted by Gasteiger charge is -2.09. The van der Waals surface area contributed by atoms with E-state index in [0.29, 0.717) is 5.92 Å². The average molecular weight is 257 g/mol. The fourth-order valence-corrected chi connectivity index (χ4v) is 2.72. The highest BCUT2D eigenvalue weighted by molar-refractivity contribution is 7.99. The molecule has 0 atom stereocenters. The first kappa shape index (κ1) is 13.0. The van der Waals surface area contributed by atoms with Crippen LogP contribution in [-0.2, 0) is 0 Å². The van der Waals surface area contributed by atoms with Crippen LogP contribution in [0.1, 0.15) is 30.9 Å². The minimum absolute atomic E-state index is 0.582. The predicted octanol–water partition coefficient (Wildman–Crippen LogP) is 4.85. The normalized spacial score (nSPS) is 10.9. The molecule has 2 heteroatoms. The Balaban J connectivity index is 2.21. The van der Waals surface area contributed by atoms with Crippen LogP contribution in [0.25, 0.3) is 0 Å². The summed E-state index contributed by atoms with van der Waals surface area (Å²) in [5.74, 6) is 0.582. The third-order valence-corrected chi connectivity index (χ3v) is 4.15. The Morgan fingerprint density at radius 1 is 1.00 bits per heavy atom. The number of rotatable bonds is 3. The molecule has 0 unspecified atom stereocenters. The van der Waals surface area contributed by atoms with Crippen molar-refractivity contribution in [2.24, 2.45) is 0 Å². The molecule has 2 N–H and O–H groups in total. The fraction of sp³-hybridized carbons (Fsp3) is 0.250. The van der Waals surface area contributed by atoms with Crippen LogP contribution >= 0.6 is 11.8 Å². The van der Waals surface area contributed by atoms with Gasteiger partial charge in [-0.3, -0.25) is 0 Å². The SMILES string of the molecule is Cc1ccc(N)cc1Sc1ccc(C(C)C)cc1. The molecule has 0 aliphatic rings. The maximum atomic E-state index is 5.83. The fourth-order valence-electron chi connectivity index (χ4n) is 1.77. The molecule has 0 bridgehead atoms. The van der Waals surface area contributed by atoms with Crippen LogP contribution in [0.5, 0.6) is 0 Å². The Morgan fingerprint density at radius 2 is 1.67 bits per heavy atom. The molecular weight excluding hydrogens is 238 g/mol. The summed E-state index contributed by atoms with van der Waals surface area (Å²) >= 11 is 1.77. The van der Waals surface area contributed by atoms with Crippen LogP contribution < -0.4 is 5.73 Å². The molecule has 0 aliphatic carbocycles. The summed E-state index contributed by atoms with van der Waals surface area (Å²) in [5, 5.41) is 0. The molecule has 94 valence electrons. The van der Waals surface area contributed by atoms with E-state index in [4.69, 9.17) is 5.73 Å². The number of nitrogen functional groups attached to an aromatic ring is 1. The molecule has 0 spiro atoms. The lowest BCUT2D eigenvalue weighted by Crippen LogP contribution is -1.88. The summed E-state index contributed by atoms with van der Waals surface area (Å²) in [6, 6.07) is 14.8. The minimum atomic E-state index is 0.582. The van der Waals surface area contributed by atoms with E-state index in [0.717, 1.165) is 5.69 Å². The summed E-state index contributed by atoms with van der Waals surface area (Å²) in [6.07, 6.45) is 0. The second-order valence-electron chi connectivity index (χ2n) is 4.85. The summed E-state index contributed by atoms with van der Waals surface area (Å²) in [4.78, 5) is 2.49. The highest BCUT2D eigenvalue weighted by atomic mass is 32.2. The maximum absolute atomic E-state index is 5.83. The molecule has 0 radical (unpaired) electrons. The number of hydrogen-bond acceptors (Lipinski definition) is 2. The van der Waals surface area contributed by atoms with Crippen LogP contribution in [-0.4, -0.2) is 0 Å². The van der Waals surface area contributed by atoms with E-state index in [1.807, 2.05) is 12.1 Å². The monoisotopic (exact) mass is 257 g/mol. The standard InChI is InChI=1S/C16H19NS/c1-11(2)13-5-8-15(9-6-13)18-16-10-14(17)7-4-12(16)3/h4-11H,17H2,1-3H3. The van der Waals surface area contributed by atoms with Crippen molar-refractivity contribution in [3.05, 3.63) is 53.6 Å². The number of nitrogens with two attached hydrogens (primary N) is 1. The van der Waals surface area contributed by atoms with Gasteiger partial charge in [0, 0.05) is 15.5 Å². The van der Waals surface area contributed by atoms with E-state index in [9.17, 15) is 0 Å². The topological polar surface area (TPSA) is 26.0 Å². The van der Waals surface area contributed by atoms with E-state index >= 15 is 0 Å². The third kappa shape index (κ3) is 3.08. The second kappa shape index (κ2) is 5.49. The van der Waals surface area contributed by atoms with Crippen molar-refractivity contribution in [3.63, 3.8) is 0 Å². The van der Waals surface area contributed by atoms with Gasteiger partial charge in [-0.2, -0.15) is 0 Å². The Bertz CT molecular complexity index is 529. The van der Waals surface area contributed by atoms with Crippen LogP contribution in [0.4, 0.5) is 5.69 Å². The molecule has 2 aromatic carbocycles. The first-order valence-corrected chi connectivity index (χ1v) is 7.02. The zero-order valence-corrected chi connectivity index (χ0v) is 11.9. The predicted molar refractivity (Wildman–Crippen MR) is 80.2 cm³/mol. The average Bonchev–Trinajstić information content (AvgIpc) is 2.34. The number of anilines is 1. The van der Waals surface area contributed by atoms with Gasteiger partial charge in [-0.15, -0.1) is 0 Å². The molecule has 0 aliphatic heterocycles. The Hall–Kier alpha value is -1.41. The van der Waals surface area contributed by atoms with E-state index in [2.05, 4.69) is 51.1 Å². The minimum Gasteiger partial charge on any atom is -0.399 e. The Kier molecular flexibility index (Phi) is 3.97. The summed E-state index contributed by atoms with van der Waals surface area (Å²) in [7, 11) is 0. The first-order chi connectivity index (χ1) is 8.56. The van der Waals surface area contributed by atoms with Crippen molar-refractivity contribution in [3.8, 4) is 0 Å². The van der Waals surface area contributed by atoms with Crippen molar-refractivity contribution in [1.82, 2.24) is 0 Å². The number of hydrogen-bond donors (Lipinski definition) is 1. The summed E-state index contributed by atoms with van der Waals surface area (Å²) < 4.78 is 0. The van der Waals surface area contributed by atoms with E-state index in [1.165, 1.54) is 20.9 Å². The van der Waals surface area contributed by atoms with Crippen molar-refractivity contribution in [1.29, 1.82) is 0 Å². The molecular formula is C16H19NS. The van der Waals surface area contributed by atoms with E-state index in [-0.39, 0.29) is 0 Å². The number of benzene rings is 2. The van der Waals surface area contributed by atoms with E-state index < -0.39 is 0 Å². The number of aryl methyl sites for hydroxylation is 1. The third-order valence-electron chi connectivity index (χ3n) is 2.99. The van der Waals surface area contributed by atoms with Gasteiger partial charge in [0.2, 0.25) is 0 Å². The Labute approximate surface area is 113 Å². The van der Waals surface area contributed by atoms with Gasteiger partial charge < -0.3 is 5.73 Å². The van der Waals surface area contributed by atoms with Crippen molar-refractivity contribution < 1.29 is 0 Å². The molecule has 0 aromatic heterocycles. The molecule has 2 aromatic rings. The van der Waals surface area contributed by atoms with Gasteiger partial charge in [-0.05, 0) is 48.2 Å². The van der Waals surface area contributed by atoms with Crippen LogP contribution in [0.3, 0.4) is 0 Å². The summed E-state index contributed by atoms with van der Waals surface area (Å²) in [6.45, 7) is 6.54. The zero-order valence-electron chi connectivity index (χ0n) is 11.1. The smallest absolute Gasteiger partial charge is 0.0325 e. The van der Waals surface area contributed by atoms with E-state index in [1.54, 1.807) is 11.8 Å². The van der Waals surface area contributed by atoms with Crippen LogP contribution in [0, 0.1) is 6.92 Å². The summed E-state index contributed by atoms with van der Waals surface area (Å²) in [5.41, 5.74) is 9.30. The second-order valence-corrected chi connectivity index (χ2v) is 5.97. The highest BCUT2D eigenvalue weighted by Crippen LogP contribution is 2.32. The Morgan fingerprint density at radius 3 is 2.28 bits per heavy atom. The van der Waals surface area contributed by atoms with Crippen molar-refractivity contribution in [2.75, 3.05) is 5.73 Å². The lowest BCUT2D eigenvalue weighted by molar-refractivity contribution is 0.865.